The average Bonchev–Trinajstić information content (AvgIpc) is 3.28. The van der Waals surface area contributed by atoms with Gasteiger partial charge < -0.3 is 15.1 Å². The van der Waals surface area contributed by atoms with Crippen molar-refractivity contribution in [2.45, 2.75) is 46.2 Å². The van der Waals surface area contributed by atoms with Gasteiger partial charge in [-0.25, -0.2) is 4.98 Å². The molecule has 0 aliphatic carbocycles. The van der Waals surface area contributed by atoms with Crippen LogP contribution in [0.4, 0.5) is 11.5 Å². The van der Waals surface area contributed by atoms with Crippen LogP contribution in [0.3, 0.4) is 0 Å². The topological polar surface area (TPSA) is 109 Å². The molecular formula is C23H29N5O4. The minimum absolute atomic E-state index is 0.0297. The second kappa shape index (κ2) is 10.2. The standard InChI is InChI=1S/C23H29N5O4/c1-4-26(5-2)21-11-8-17(14-24-21)15-25-22(29)20-7-6-12-27(20)23(30)18-9-10-19(28(31)32)16(3)13-18/h8-11,13-14,20H,4-7,12,15H2,1-3H3,(H,25,29). The summed E-state index contributed by atoms with van der Waals surface area (Å²) in [6.45, 7) is 8.31. The Balaban J connectivity index is 1.63. The van der Waals surface area contributed by atoms with Gasteiger partial charge in [-0.15, -0.1) is 0 Å². The van der Waals surface area contributed by atoms with Gasteiger partial charge in [0.25, 0.3) is 11.6 Å². The number of pyridine rings is 1. The summed E-state index contributed by atoms with van der Waals surface area (Å²) in [6.07, 6.45) is 3.07. The molecule has 9 heteroatoms. The van der Waals surface area contributed by atoms with Crippen molar-refractivity contribution in [2.24, 2.45) is 0 Å². The van der Waals surface area contributed by atoms with Gasteiger partial charge >= 0.3 is 0 Å². The first-order valence-electron chi connectivity index (χ1n) is 10.9. The van der Waals surface area contributed by atoms with Gasteiger partial charge in [-0.1, -0.05) is 6.07 Å². The number of nitro benzene ring substituents is 1. The lowest BCUT2D eigenvalue weighted by Crippen LogP contribution is -2.45. The van der Waals surface area contributed by atoms with Crippen LogP contribution in [0.25, 0.3) is 0 Å². The van der Waals surface area contributed by atoms with E-state index in [9.17, 15) is 19.7 Å². The van der Waals surface area contributed by atoms with E-state index in [1.54, 1.807) is 18.0 Å². The van der Waals surface area contributed by atoms with E-state index >= 15 is 0 Å². The van der Waals surface area contributed by atoms with Crippen molar-refractivity contribution in [1.82, 2.24) is 15.2 Å². The minimum atomic E-state index is -0.555. The molecule has 1 saturated heterocycles. The Morgan fingerprint density at radius 3 is 2.59 bits per heavy atom. The number of hydrogen-bond donors (Lipinski definition) is 1. The summed E-state index contributed by atoms with van der Waals surface area (Å²) in [4.78, 5) is 44.5. The molecule has 1 atom stereocenters. The van der Waals surface area contributed by atoms with Crippen molar-refractivity contribution in [2.75, 3.05) is 24.5 Å². The Kier molecular flexibility index (Phi) is 7.40. The maximum Gasteiger partial charge on any atom is 0.272 e. The van der Waals surface area contributed by atoms with Crippen LogP contribution in [0.2, 0.25) is 0 Å². The number of aryl methyl sites for hydroxylation is 1. The summed E-state index contributed by atoms with van der Waals surface area (Å²) >= 11 is 0. The molecule has 1 unspecified atom stereocenters. The highest BCUT2D eigenvalue weighted by Gasteiger charge is 2.34. The molecule has 0 bridgehead atoms. The van der Waals surface area contributed by atoms with Gasteiger partial charge in [0.15, 0.2) is 0 Å². The third kappa shape index (κ3) is 5.04. The second-order valence-corrected chi connectivity index (χ2v) is 7.83. The summed E-state index contributed by atoms with van der Waals surface area (Å²) in [6, 6.07) is 7.62. The van der Waals surface area contributed by atoms with Gasteiger partial charge in [-0.2, -0.15) is 0 Å². The number of carbonyl (C=O) groups excluding carboxylic acids is 2. The summed E-state index contributed by atoms with van der Waals surface area (Å²) in [5.74, 6) is 0.407. The molecule has 170 valence electrons. The molecule has 1 aliphatic rings. The normalized spacial score (nSPS) is 15.5. The van der Waals surface area contributed by atoms with Crippen LogP contribution in [0.1, 0.15) is 48.2 Å². The van der Waals surface area contributed by atoms with E-state index in [0.29, 0.717) is 30.6 Å². The lowest BCUT2D eigenvalue weighted by molar-refractivity contribution is -0.385. The zero-order valence-corrected chi connectivity index (χ0v) is 18.7. The first kappa shape index (κ1) is 23.2. The van der Waals surface area contributed by atoms with Crippen molar-refractivity contribution in [3.63, 3.8) is 0 Å². The second-order valence-electron chi connectivity index (χ2n) is 7.83. The molecule has 1 aliphatic heterocycles. The number of amides is 2. The Hall–Kier alpha value is -3.49. The molecule has 1 aromatic carbocycles. The van der Waals surface area contributed by atoms with E-state index in [-0.39, 0.29) is 17.5 Å². The van der Waals surface area contributed by atoms with E-state index in [2.05, 4.69) is 29.0 Å². The van der Waals surface area contributed by atoms with Crippen LogP contribution in [-0.4, -0.2) is 52.3 Å². The molecule has 1 N–H and O–H groups in total. The molecule has 0 radical (unpaired) electrons. The molecule has 32 heavy (non-hydrogen) atoms. The van der Waals surface area contributed by atoms with E-state index in [0.717, 1.165) is 30.9 Å². The summed E-state index contributed by atoms with van der Waals surface area (Å²) in [5, 5.41) is 13.9. The third-order valence-corrected chi connectivity index (χ3v) is 5.82. The van der Waals surface area contributed by atoms with Crippen LogP contribution in [-0.2, 0) is 11.3 Å². The van der Waals surface area contributed by atoms with Gasteiger partial charge in [0.2, 0.25) is 5.91 Å². The molecule has 2 heterocycles. The number of anilines is 1. The van der Waals surface area contributed by atoms with E-state index in [1.165, 1.54) is 18.2 Å². The van der Waals surface area contributed by atoms with Gasteiger partial charge in [0.05, 0.1) is 4.92 Å². The van der Waals surface area contributed by atoms with Gasteiger partial charge in [0.1, 0.15) is 11.9 Å². The SMILES string of the molecule is CCN(CC)c1ccc(CNC(=O)C2CCCN2C(=O)c2ccc([N+](=O)[O-])c(C)c2)cn1. The van der Waals surface area contributed by atoms with Crippen molar-refractivity contribution in [3.05, 3.63) is 63.3 Å². The largest absolute Gasteiger partial charge is 0.357 e. The van der Waals surface area contributed by atoms with E-state index in [4.69, 9.17) is 0 Å². The van der Waals surface area contributed by atoms with Gasteiger partial charge in [-0.3, -0.25) is 19.7 Å². The number of benzene rings is 1. The molecular weight excluding hydrogens is 410 g/mol. The number of nitrogens with one attached hydrogen (secondary N) is 1. The Labute approximate surface area is 187 Å². The molecule has 1 fully saturated rings. The first-order valence-corrected chi connectivity index (χ1v) is 10.9. The maximum atomic E-state index is 13.0. The summed E-state index contributed by atoms with van der Waals surface area (Å²) in [5.41, 5.74) is 1.62. The van der Waals surface area contributed by atoms with Crippen molar-refractivity contribution >= 4 is 23.3 Å². The highest BCUT2D eigenvalue weighted by Crippen LogP contribution is 2.24. The molecule has 1 aromatic heterocycles. The Morgan fingerprint density at radius 1 is 1.25 bits per heavy atom. The molecule has 3 rings (SSSR count). The summed E-state index contributed by atoms with van der Waals surface area (Å²) in [7, 11) is 0. The van der Waals surface area contributed by atoms with Crippen LogP contribution in [0.15, 0.2) is 36.5 Å². The zero-order valence-electron chi connectivity index (χ0n) is 18.7. The van der Waals surface area contributed by atoms with E-state index < -0.39 is 11.0 Å². The predicted octanol–water partition coefficient (Wildman–Crippen LogP) is 3.07. The minimum Gasteiger partial charge on any atom is -0.357 e. The number of nitro groups is 1. The zero-order chi connectivity index (χ0) is 23.3. The van der Waals surface area contributed by atoms with Crippen LogP contribution in [0, 0.1) is 17.0 Å². The molecule has 0 spiro atoms. The fraction of sp³-hybridized carbons (Fsp3) is 0.435. The van der Waals surface area contributed by atoms with Crippen LogP contribution in [0.5, 0.6) is 0 Å². The molecule has 2 amide bonds. The number of hydrogen-bond acceptors (Lipinski definition) is 6. The van der Waals surface area contributed by atoms with Crippen molar-refractivity contribution < 1.29 is 14.5 Å². The smallest absolute Gasteiger partial charge is 0.272 e. The summed E-state index contributed by atoms with van der Waals surface area (Å²) < 4.78 is 0. The van der Waals surface area contributed by atoms with Crippen molar-refractivity contribution in [1.29, 1.82) is 0 Å². The Morgan fingerprint density at radius 2 is 2.00 bits per heavy atom. The fourth-order valence-electron chi connectivity index (χ4n) is 4.00. The highest BCUT2D eigenvalue weighted by molar-refractivity contribution is 5.98. The Bertz CT molecular complexity index is 988. The lowest BCUT2D eigenvalue weighted by atomic mass is 10.1. The van der Waals surface area contributed by atoms with Crippen molar-refractivity contribution in [3.8, 4) is 0 Å². The highest BCUT2D eigenvalue weighted by atomic mass is 16.6. The van der Waals surface area contributed by atoms with E-state index in [1.807, 2.05) is 12.1 Å². The molecule has 9 nitrogen and oxygen atoms in total. The molecule has 2 aromatic rings. The van der Waals surface area contributed by atoms with Gasteiger partial charge in [-0.05, 0) is 57.4 Å². The number of likely N-dealkylation sites (tertiary alicyclic amines) is 1. The van der Waals surface area contributed by atoms with Crippen LogP contribution < -0.4 is 10.2 Å². The number of carbonyl (C=O) groups is 2. The lowest BCUT2D eigenvalue weighted by Gasteiger charge is -2.24. The number of aromatic nitrogens is 1. The number of rotatable bonds is 8. The third-order valence-electron chi connectivity index (χ3n) is 5.82. The first-order chi connectivity index (χ1) is 15.3. The molecule has 0 saturated carbocycles. The monoisotopic (exact) mass is 439 g/mol. The quantitative estimate of drug-likeness (QED) is 0.500. The van der Waals surface area contributed by atoms with Crippen LogP contribution >= 0.6 is 0 Å². The predicted molar refractivity (Wildman–Crippen MR) is 122 cm³/mol. The van der Waals surface area contributed by atoms with Gasteiger partial charge in [0, 0.05) is 49.6 Å². The average molecular weight is 440 g/mol. The fourth-order valence-corrected chi connectivity index (χ4v) is 4.00. The maximum absolute atomic E-state index is 13.0. The number of nitrogens with zero attached hydrogens (tertiary/aromatic N) is 4.